The largest absolute Gasteiger partial charge is 0.349 e. The summed E-state index contributed by atoms with van der Waals surface area (Å²) in [5, 5.41) is 5.71. The number of hydrogen-bond donors (Lipinski definition) is 2. The Morgan fingerprint density at radius 2 is 1.95 bits per heavy atom. The summed E-state index contributed by atoms with van der Waals surface area (Å²) in [6.45, 7) is 5.69. The van der Waals surface area contributed by atoms with Crippen LogP contribution in [0, 0.1) is 0 Å². The molecule has 102 valence electrons. The Balaban J connectivity index is 2.09. The van der Waals surface area contributed by atoms with Gasteiger partial charge in [0.15, 0.2) is 0 Å². The van der Waals surface area contributed by atoms with Crippen LogP contribution >= 0.6 is 0 Å². The molecule has 2 amide bonds. The number of aromatic nitrogens is 1. The van der Waals surface area contributed by atoms with Crippen molar-refractivity contribution in [1.82, 2.24) is 15.6 Å². The van der Waals surface area contributed by atoms with E-state index in [9.17, 15) is 9.59 Å². The third-order valence-corrected chi connectivity index (χ3v) is 2.66. The van der Waals surface area contributed by atoms with Crippen LogP contribution in [0.25, 0.3) is 0 Å². The number of nitrogens with one attached hydrogen (secondary N) is 2. The van der Waals surface area contributed by atoms with Crippen LogP contribution in [0.15, 0.2) is 18.3 Å². The van der Waals surface area contributed by atoms with Crippen LogP contribution in [0.2, 0.25) is 0 Å². The fourth-order valence-corrected chi connectivity index (χ4v) is 1.60. The van der Waals surface area contributed by atoms with Crippen LogP contribution in [-0.2, 0) is 0 Å². The maximum atomic E-state index is 12.0. The topological polar surface area (TPSA) is 71.1 Å². The van der Waals surface area contributed by atoms with E-state index in [1.807, 2.05) is 20.8 Å². The molecule has 0 unspecified atom stereocenters. The summed E-state index contributed by atoms with van der Waals surface area (Å²) >= 11 is 0. The first-order valence-electron chi connectivity index (χ1n) is 6.44. The molecule has 0 aliphatic heterocycles. The minimum atomic E-state index is -0.328. The predicted molar refractivity (Wildman–Crippen MR) is 71.9 cm³/mol. The molecule has 2 N–H and O–H groups in total. The van der Waals surface area contributed by atoms with Crippen LogP contribution in [0.1, 0.15) is 54.5 Å². The molecule has 1 aromatic heterocycles. The fraction of sp³-hybridized carbons (Fsp3) is 0.500. The molecule has 1 aromatic rings. The second-order valence-electron chi connectivity index (χ2n) is 5.88. The monoisotopic (exact) mass is 261 g/mol. The zero-order chi connectivity index (χ0) is 14.0. The summed E-state index contributed by atoms with van der Waals surface area (Å²) in [6, 6.07) is 3.44. The first-order chi connectivity index (χ1) is 8.85. The Kier molecular flexibility index (Phi) is 3.55. The highest BCUT2D eigenvalue weighted by atomic mass is 16.2. The molecule has 0 spiro atoms. The van der Waals surface area contributed by atoms with Gasteiger partial charge < -0.3 is 10.6 Å². The molecule has 0 aromatic carbocycles. The molecular weight excluding hydrogens is 242 g/mol. The maximum Gasteiger partial charge on any atom is 0.270 e. The van der Waals surface area contributed by atoms with E-state index >= 15 is 0 Å². The molecule has 1 fully saturated rings. The Morgan fingerprint density at radius 3 is 2.53 bits per heavy atom. The number of nitrogens with zero attached hydrogens (tertiary/aromatic N) is 1. The van der Waals surface area contributed by atoms with Crippen LogP contribution < -0.4 is 10.6 Å². The third kappa shape index (κ3) is 4.05. The average molecular weight is 261 g/mol. The number of rotatable bonds is 3. The van der Waals surface area contributed by atoms with Gasteiger partial charge >= 0.3 is 0 Å². The Bertz CT molecular complexity index is 502. The van der Waals surface area contributed by atoms with Gasteiger partial charge in [-0.05, 0) is 45.7 Å². The Morgan fingerprint density at radius 1 is 1.26 bits per heavy atom. The van der Waals surface area contributed by atoms with E-state index in [1.165, 1.54) is 12.3 Å². The van der Waals surface area contributed by atoms with Crippen molar-refractivity contribution in [2.45, 2.75) is 45.2 Å². The predicted octanol–water partition coefficient (Wildman–Crippen LogP) is 1.50. The summed E-state index contributed by atoms with van der Waals surface area (Å²) in [6.07, 6.45) is 3.56. The van der Waals surface area contributed by atoms with E-state index in [-0.39, 0.29) is 23.0 Å². The van der Waals surface area contributed by atoms with Gasteiger partial charge in [-0.2, -0.15) is 0 Å². The molecule has 0 radical (unpaired) electrons. The molecule has 1 heterocycles. The quantitative estimate of drug-likeness (QED) is 0.866. The lowest BCUT2D eigenvalue weighted by Gasteiger charge is -2.20. The molecule has 5 nitrogen and oxygen atoms in total. The molecule has 2 rings (SSSR count). The lowest BCUT2D eigenvalue weighted by Crippen LogP contribution is -2.41. The van der Waals surface area contributed by atoms with Gasteiger partial charge in [-0.1, -0.05) is 0 Å². The molecule has 0 bridgehead atoms. The van der Waals surface area contributed by atoms with Crippen LogP contribution in [0.3, 0.4) is 0 Å². The van der Waals surface area contributed by atoms with Gasteiger partial charge in [0.1, 0.15) is 5.69 Å². The van der Waals surface area contributed by atoms with E-state index in [1.54, 1.807) is 6.07 Å². The molecule has 0 atom stereocenters. The van der Waals surface area contributed by atoms with Gasteiger partial charge in [0.25, 0.3) is 11.8 Å². The summed E-state index contributed by atoms with van der Waals surface area (Å²) in [5.74, 6) is -0.414. The fourth-order valence-electron chi connectivity index (χ4n) is 1.60. The molecule has 5 heteroatoms. The zero-order valence-electron chi connectivity index (χ0n) is 11.5. The lowest BCUT2D eigenvalue weighted by atomic mass is 10.1. The summed E-state index contributed by atoms with van der Waals surface area (Å²) < 4.78 is 0. The van der Waals surface area contributed by atoms with Gasteiger partial charge in [0, 0.05) is 23.3 Å². The van der Waals surface area contributed by atoms with Crippen molar-refractivity contribution in [3.05, 3.63) is 29.6 Å². The molecule has 1 aliphatic carbocycles. The molecule has 19 heavy (non-hydrogen) atoms. The van der Waals surface area contributed by atoms with Crippen molar-refractivity contribution < 1.29 is 9.59 Å². The number of carbonyl (C=O) groups is 2. The normalized spacial score (nSPS) is 14.9. The highest BCUT2D eigenvalue weighted by Gasteiger charge is 2.24. The summed E-state index contributed by atoms with van der Waals surface area (Å²) in [7, 11) is 0. The zero-order valence-corrected chi connectivity index (χ0v) is 11.5. The van der Waals surface area contributed by atoms with E-state index in [2.05, 4.69) is 15.6 Å². The van der Waals surface area contributed by atoms with Crippen LogP contribution in [0.5, 0.6) is 0 Å². The SMILES string of the molecule is CC(C)(C)NC(=O)c1cc(C(=O)NC2CC2)ccn1. The average Bonchev–Trinajstić information content (AvgIpc) is 3.11. The van der Waals surface area contributed by atoms with E-state index in [4.69, 9.17) is 0 Å². The minimum Gasteiger partial charge on any atom is -0.349 e. The van der Waals surface area contributed by atoms with E-state index in [0.717, 1.165) is 12.8 Å². The smallest absolute Gasteiger partial charge is 0.270 e. The van der Waals surface area contributed by atoms with E-state index < -0.39 is 0 Å². The van der Waals surface area contributed by atoms with Crippen molar-refractivity contribution in [3.63, 3.8) is 0 Å². The second-order valence-corrected chi connectivity index (χ2v) is 5.88. The van der Waals surface area contributed by atoms with Crippen molar-refractivity contribution in [1.29, 1.82) is 0 Å². The van der Waals surface area contributed by atoms with E-state index in [0.29, 0.717) is 11.6 Å². The number of pyridine rings is 1. The molecule has 1 saturated carbocycles. The molecular formula is C14H19N3O2. The third-order valence-electron chi connectivity index (χ3n) is 2.66. The van der Waals surface area contributed by atoms with Crippen molar-refractivity contribution >= 4 is 11.8 Å². The van der Waals surface area contributed by atoms with Gasteiger partial charge in [-0.25, -0.2) is 0 Å². The first kappa shape index (κ1) is 13.5. The standard InChI is InChI=1S/C14H19N3O2/c1-14(2,3)17-13(19)11-8-9(6-7-15-11)12(18)16-10-4-5-10/h6-8,10H,4-5H2,1-3H3,(H,16,18)(H,17,19). The Labute approximate surface area is 112 Å². The minimum absolute atomic E-state index is 0.144. The number of carbonyl (C=O) groups excluding carboxylic acids is 2. The van der Waals surface area contributed by atoms with Gasteiger partial charge in [0.2, 0.25) is 0 Å². The van der Waals surface area contributed by atoms with Crippen molar-refractivity contribution in [2.75, 3.05) is 0 Å². The Hall–Kier alpha value is -1.91. The van der Waals surface area contributed by atoms with Crippen LogP contribution in [0.4, 0.5) is 0 Å². The summed E-state index contributed by atoms with van der Waals surface area (Å²) in [4.78, 5) is 27.9. The van der Waals surface area contributed by atoms with Gasteiger partial charge in [-0.3, -0.25) is 14.6 Å². The van der Waals surface area contributed by atoms with Crippen molar-refractivity contribution in [2.24, 2.45) is 0 Å². The first-order valence-corrected chi connectivity index (χ1v) is 6.44. The number of hydrogen-bond acceptors (Lipinski definition) is 3. The number of amides is 2. The highest BCUT2D eigenvalue weighted by Crippen LogP contribution is 2.19. The van der Waals surface area contributed by atoms with Gasteiger partial charge in [0.05, 0.1) is 0 Å². The lowest BCUT2D eigenvalue weighted by molar-refractivity contribution is 0.0914. The second kappa shape index (κ2) is 4.99. The molecule has 1 aliphatic rings. The van der Waals surface area contributed by atoms with Crippen molar-refractivity contribution in [3.8, 4) is 0 Å². The van der Waals surface area contributed by atoms with Crippen LogP contribution in [-0.4, -0.2) is 28.4 Å². The maximum absolute atomic E-state index is 12.0. The van der Waals surface area contributed by atoms with Gasteiger partial charge in [-0.15, -0.1) is 0 Å². The molecule has 0 saturated heterocycles. The highest BCUT2D eigenvalue weighted by molar-refractivity contribution is 5.98. The summed E-state index contributed by atoms with van der Waals surface area (Å²) in [5.41, 5.74) is 0.407.